The van der Waals surface area contributed by atoms with Crippen molar-refractivity contribution in [1.82, 2.24) is 4.98 Å². The van der Waals surface area contributed by atoms with Crippen LogP contribution in [0.1, 0.15) is 64.7 Å². The lowest BCUT2D eigenvalue weighted by atomic mass is 10.0. The van der Waals surface area contributed by atoms with Gasteiger partial charge in [0.05, 0.1) is 0 Å². The summed E-state index contributed by atoms with van der Waals surface area (Å²) in [6.45, 7) is 1.97. The number of H-pyrrole nitrogens is 1. The number of hydrogen-bond donors (Lipinski definition) is 2. The van der Waals surface area contributed by atoms with E-state index in [1.807, 2.05) is 25.3 Å². The Kier molecular flexibility index (Phi) is 11.2. The van der Waals surface area contributed by atoms with E-state index in [9.17, 15) is 9.59 Å². The molecule has 5 heteroatoms. The van der Waals surface area contributed by atoms with Gasteiger partial charge in [0.1, 0.15) is 6.29 Å². The lowest BCUT2D eigenvalue weighted by Gasteiger charge is -2.21. The van der Waals surface area contributed by atoms with Crippen LogP contribution in [0.25, 0.3) is 5.32 Å². The summed E-state index contributed by atoms with van der Waals surface area (Å²) in [5.74, 6) is 0.0411. The molecule has 1 aromatic rings. The molecule has 2 N–H and O–H groups in total. The number of nitrogens with zero attached hydrogens (tertiary/aromatic N) is 1. The van der Waals surface area contributed by atoms with E-state index in [4.69, 9.17) is 5.11 Å². The standard InChI is InChI=1S/C20H31N2O3/c1-17(16-23)10-7-5-3-2-4-6-8-11-18(13-14-20(24)25)22-19-12-9-15-21-19/h9,12-18,21H,2-8,10-11H2,1H3,(H,24,25)/q-1. The van der Waals surface area contributed by atoms with Gasteiger partial charge in [0.25, 0.3) is 0 Å². The molecular weight excluding hydrogens is 316 g/mol. The Balaban J connectivity index is 2.13. The zero-order valence-corrected chi connectivity index (χ0v) is 15.2. The predicted molar refractivity (Wildman–Crippen MR) is 101 cm³/mol. The summed E-state index contributed by atoms with van der Waals surface area (Å²) in [4.78, 5) is 24.3. The van der Waals surface area contributed by atoms with Crippen molar-refractivity contribution < 1.29 is 14.7 Å². The molecule has 1 heterocycles. The molecule has 0 aromatic carbocycles. The maximum atomic E-state index is 10.7. The van der Waals surface area contributed by atoms with E-state index in [2.05, 4.69) is 10.3 Å². The maximum absolute atomic E-state index is 10.7. The van der Waals surface area contributed by atoms with Crippen LogP contribution in [0.2, 0.25) is 0 Å². The van der Waals surface area contributed by atoms with Gasteiger partial charge in [-0.15, -0.1) is 0 Å². The summed E-state index contributed by atoms with van der Waals surface area (Å²) in [7, 11) is 0. The third kappa shape index (κ3) is 11.2. The Morgan fingerprint density at radius 3 is 2.36 bits per heavy atom. The minimum atomic E-state index is -0.935. The first-order valence-corrected chi connectivity index (χ1v) is 9.32. The molecule has 0 amide bonds. The zero-order chi connectivity index (χ0) is 18.3. The fourth-order valence-electron chi connectivity index (χ4n) is 2.75. The number of hydrogen-bond acceptors (Lipinski definition) is 2. The third-order valence-corrected chi connectivity index (χ3v) is 4.24. The van der Waals surface area contributed by atoms with Crippen LogP contribution < -0.4 is 0 Å². The zero-order valence-electron chi connectivity index (χ0n) is 15.2. The van der Waals surface area contributed by atoms with Gasteiger partial charge in [-0.3, -0.25) is 0 Å². The van der Waals surface area contributed by atoms with Gasteiger partial charge in [-0.25, -0.2) is 4.79 Å². The number of carboxylic acid groups (broad SMARTS) is 1. The number of rotatable bonds is 15. The van der Waals surface area contributed by atoms with Gasteiger partial charge in [0, 0.05) is 12.0 Å². The van der Waals surface area contributed by atoms with Crippen LogP contribution in [0.15, 0.2) is 30.5 Å². The summed E-state index contributed by atoms with van der Waals surface area (Å²) in [5, 5.41) is 13.3. The minimum absolute atomic E-state index is 0.0976. The second kappa shape index (κ2) is 13.3. The summed E-state index contributed by atoms with van der Waals surface area (Å²) < 4.78 is 0. The molecule has 1 rings (SSSR count). The first kappa shape index (κ1) is 21.0. The van der Waals surface area contributed by atoms with Crippen LogP contribution in [-0.2, 0) is 9.59 Å². The minimum Gasteiger partial charge on any atom is -0.478 e. The lowest BCUT2D eigenvalue weighted by molar-refractivity contribution is -0.131. The molecule has 0 fully saturated rings. The largest absolute Gasteiger partial charge is 0.478 e. The van der Waals surface area contributed by atoms with E-state index in [1.165, 1.54) is 31.8 Å². The monoisotopic (exact) mass is 347 g/mol. The Morgan fingerprint density at radius 1 is 1.16 bits per heavy atom. The third-order valence-electron chi connectivity index (χ3n) is 4.24. The molecule has 1 aromatic heterocycles. The summed E-state index contributed by atoms with van der Waals surface area (Å²) in [5.41, 5.74) is 0. The molecule has 0 aliphatic carbocycles. The Bertz CT molecular complexity index is 497. The number of unbranched alkanes of at least 4 members (excludes halogenated alkanes) is 6. The Morgan fingerprint density at radius 2 is 1.80 bits per heavy atom. The molecule has 140 valence electrons. The molecule has 0 bridgehead atoms. The maximum Gasteiger partial charge on any atom is 0.327 e. The molecule has 2 unspecified atom stereocenters. The first-order valence-electron chi connectivity index (χ1n) is 9.32. The van der Waals surface area contributed by atoms with Gasteiger partial charge in [-0.1, -0.05) is 82.1 Å². The van der Waals surface area contributed by atoms with Gasteiger partial charge in [0.2, 0.25) is 0 Å². The SMILES string of the molecule is CC(C=O)CCCCCCCCCC(C=CC(=O)O)[N-]c1ccc[nH]1. The van der Waals surface area contributed by atoms with Gasteiger partial charge in [-0.05, 0) is 18.9 Å². The van der Waals surface area contributed by atoms with E-state index >= 15 is 0 Å². The average molecular weight is 347 g/mol. The van der Waals surface area contributed by atoms with Crippen LogP contribution in [-0.4, -0.2) is 28.4 Å². The lowest BCUT2D eigenvalue weighted by Crippen LogP contribution is -2.03. The Hall–Kier alpha value is -2.04. The Labute approximate surface area is 150 Å². The van der Waals surface area contributed by atoms with Crippen molar-refractivity contribution in [2.45, 2.75) is 70.8 Å². The fourth-order valence-corrected chi connectivity index (χ4v) is 2.75. The number of carboxylic acids is 1. The molecule has 5 nitrogen and oxygen atoms in total. The highest BCUT2D eigenvalue weighted by Crippen LogP contribution is 2.23. The van der Waals surface area contributed by atoms with Crippen molar-refractivity contribution in [2.24, 2.45) is 5.92 Å². The molecule has 2 atom stereocenters. The molecule has 0 aliphatic rings. The van der Waals surface area contributed by atoms with Crippen LogP contribution in [0, 0.1) is 5.92 Å². The molecule has 0 spiro atoms. The highest BCUT2D eigenvalue weighted by atomic mass is 16.4. The van der Waals surface area contributed by atoms with Crippen molar-refractivity contribution >= 4 is 18.1 Å². The fraction of sp³-hybridized carbons (Fsp3) is 0.600. The van der Waals surface area contributed by atoms with Gasteiger partial charge < -0.3 is 20.2 Å². The molecule has 25 heavy (non-hydrogen) atoms. The smallest absolute Gasteiger partial charge is 0.327 e. The number of aromatic nitrogens is 1. The van der Waals surface area contributed by atoms with Crippen molar-refractivity contribution in [1.29, 1.82) is 0 Å². The van der Waals surface area contributed by atoms with Crippen LogP contribution in [0.3, 0.4) is 0 Å². The van der Waals surface area contributed by atoms with Gasteiger partial charge >= 0.3 is 5.97 Å². The van der Waals surface area contributed by atoms with E-state index < -0.39 is 5.97 Å². The average Bonchev–Trinajstić information content (AvgIpc) is 3.10. The molecule has 0 saturated heterocycles. The van der Waals surface area contributed by atoms with Crippen LogP contribution in [0.5, 0.6) is 0 Å². The summed E-state index contributed by atoms with van der Waals surface area (Å²) in [6, 6.07) is 3.67. The van der Waals surface area contributed by atoms with Gasteiger partial charge in [-0.2, -0.15) is 0 Å². The number of carbonyl (C=O) groups excluding carboxylic acids is 1. The highest BCUT2D eigenvalue weighted by Gasteiger charge is 2.02. The predicted octanol–water partition coefficient (Wildman–Crippen LogP) is 5.38. The quantitative estimate of drug-likeness (QED) is 0.254. The molecule has 0 radical (unpaired) electrons. The van der Waals surface area contributed by atoms with Crippen molar-refractivity contribution in [3.63, 3.8) is 0 Å². The van der Waals surface area contributed by atoms with Gasteiger partial charge in [0.15, 0.2) is 0 Å². The molecule has 0 saturated carbocycles. The van der Waals surface area contributed by atoms with Crippen molar-refractivity contribution in [2.75, 3.05) is 0 Å². The second-order valence-corrected chi connectivity index (χ2v) is 6.61. The van der Waals surface area contributed by atoms with Crippen LogP contribution >= 0.6 is 0 Å². The van der Waals surface area contributed by atoms with Crippen molar-refractivity contribution in [3.8, 4) is 0 Å². The molecular formula is C20H31N2O3-. The first-order chi connectivity index (χ1) is 12.1. The molecule has 0 aliphatic heterocycles. The highest BCUT2D eigenvalue weighted by molar-refractivity contribution is 5.80. The van der Waals surface area contributed by atoms with Crippen LogP contribution in [0.4, 0.5) is 5.82 Å². The number of nitrogens with one attached hydrogen (secondary N) is 1. The van der Waals surface area contributed by atoms with E-state index in [-0.39, 0.29) is 12.0 Å². The van der Waals surface area contributed by atoms with E-state index in [1.54, 1.807) is 6.08 Å². The summed E-state index contributed by atoms with van der Waals surface area (Å²) >= 11 is 0. The second-order valence-electron chi connectivity index (χ2n) is 6.61. The number of aromatic amines is 1. The summed E-state index contributed by atoms with van der Waals surface area (Å²) in [6.07, 6.45) is 15.7. The topological polar surface area (TPSA) is 84.3 Å². The number of aldehydes is 1. The van der Waals surface area contributed by atoms with E-state index in [0.717, 1.165) is 44.2 Å². The van der Waals surface area contributed by atoms with Crippen molar-refractivity contribution in [3.05, 3.63) is 35.8 Å². The number of aliphatic carboxylic acids is 1. The normalized spacial score (nSPS) is 13.6. The number of carbonyl (C=O) groups is 2. The van der Waals surface area contributed by atoms with E-state index in [0.29, 0.717) is 0 Å².